The smallest absolute Gasteiger partial charge is 0.127 e. The number of halogens is 1. The number of methoxy groups -OCH3 is 2. The maximum absolute atomic E-state index is 6.15. The first-order valence-electron chi connectivity index (χ1n) is 7.38. The minimum Gasteiger partial charge on any atom is -0.496 e. The van der Waals surface area contributed by atoms with Crippen LogP contribution >= 0.6 is 11.6 Å². The van der Waals surface area contributed by atoms with Gasteiger partial charge in [0.1, 0.15) is 11.5 Å². The van der Waals surface area contributed by atoms with E-state index in [1.54, 1.807) is 14.2 Å². The largest absolute Gasteiger partial charge is 0.496 e. The lowest BCUT2D eigenvalue weighted by atomic mass is 9.95. The van der Waals surface area contributed by atoms with Crippen molar-refractivity contribution in [3.05, 3.63) is 59.6 Å². The number of fused-ring (bicyclic) bond motifs is 5. The van der Waals surface area contributed by atoms with E-state index < -0.39 is 0 Å². The van der Waals surface area contributed by atoms with Gasteiger partial charge in [-0.25, -0.2) is 0 Å². The van der Waals surface area contributed by atoms with Gasteiger partial charge in [-0.15, -0.1) is 0 Å². The molecule has 0 N–H and O–H groups in total. The lowest BCUT2D eigenvalue weighted by Crippen LogP contribution is -1.91. The van der Waals surface area contributed by atoms with E-state index in [4.69, 9.17) is 21.1 Å². The zero-order valence-electron chi connectivity index (χ0n) is 12.9. The third-order valence-corrected chi connectivity index (χ3v) is 4.52. The predicted molar refractivity (Wildman–Crippen MR) is 97.1 cm³/mol. The third kappa shape index (κ3) is 2.10. The summed E-state index contributed by atoms with van der Waals surface area (Å²) in [6.45, 7) is 0. The molecule has 0 saturated heterocycles. The van der Waals surface area contributed by atoms with Gasteiger partial charge in [-0.1, -0.05) is 41.9 Å². The molecule has 3 heteroatoms. The van der Waals surface area contributed by atoms with Crippen LogP contribution in [0.3, 0.4) is 0 Å². The molecule has 0 aromatic heterocycles. The fourth-order valence-corrected chi connectivity index (χ4v) is 3.45. The van der Waals surface area contributed by atoms with Crippen LogP contribution in [0, 0.1) is 0 Å². The molecule has 4 rings (SSSR count). The van der Waals surface area contributed by atoms with Crippen LogP contribution in [-0.4, -0.2) is 14.2 Å². The summed E-state index contributed by atoms with van der Waals surface area (Å²) in [5.41, 5.74) is 0. The zero-order valence-corrected chi connectivity index (χ0v) is 13.6. The first-order chi connectivity index (χ1) is 11.2. The SMILES string of the molecule is COc1cc2ccc3cc(Cl)ccc3c2c2c(OC)cccc12. The van der Waals surface area contributed by atoms with E-state index in [-0.39, 0.29) is 0 Å². The maximum Gasteiger partial charge on any atom is 0.127 e. The number of hydrogen-bond acceptors (Lipinski definition) is 2. The van der Waals surface area contributed by atoms with E-state index in [0.29, 0.717) is 0 Å². The van der Waals surface area contributed by atoms with E-state index in [2.05, 4.69) is 30.3 Å². The number of rotatable bonds is 2. The molecule has 0 amide bonds. The molecule has 0 radical (unpaired) electrons. The fraction of sp³-hybridized carbons (Fsp3) is 0.100. The minimum atomic E-state index is 0.738. The van der Waals surface area contributed by atoms with Crippen molar-refractivity contribution in [3.8, 4) is 11.5 Å². The standard InChI is InChI=1S/C20H15ClO2/c1-22-17-5-3-4-16-18(23-2)11-13-7-6-12-10-14(21)8-9-15(12)19(13)20(16)17/h3-11H,1-2H3. The van der Waals surface area contributed by atoms with E-state index in [1.807, 2.05) is 24.3 Å². The Labute approximate surface area is 139 Å². The van der Waals surface area contributed by atoms with Crippen molar-refractivity contribution >= 4 is 43.9 Å². The van der Waals surface area contributed by atoms with Crippen LogP contribution in [0.1, 0.15) is 0 Å². The van der Waals surface area contributed by atoms with Gasteiger partial charge in [0, 0.05) is 21.2 Å². The summed E-state index contributed by atoms with van der Waals surface area (Å²) in [5, 5.41) is 7.40. The zero-order chi connectivity index (χ0) is 16.0. The molecule has 0 bridgehead atoms. The summed E-state index contributed by atoms with van der Waals surface area (Å²) in [5.74, 6) is 1.69. The molecule has 0 spiro atoms. The third-order valence-electron chi connectivity index (χ3n) is 4.28. The van der Waals surface area contributed by atoms with Gasteiger partial charge in [0.25, 0.3) is 0 Å². The van der Waals surface area contributed by atoms with Crippen molar-refractivity contribution in [1.29, 1.82) is 0 Å². The molecule has 0 saturated carbocycles. The van der Waals surface area contributed by atoms with Crippen LogP contribution in [0.5, 0.6) is 11.5 Å². The van der Waals surface area contributed by atoms with Crippen molar-refractivity contribution in [2.45, 2.75) is 0 Å². The highest BCUT2D eigenvalue weighted by Crippen LogP contribution is 2.41. The Balaban J connectivity index is 2.32. The van der Waals surface area contributed by atoms with Crippen LogP contribution in [0.15, 0.2) is 54.6 Å². The van der Waals surface area contributed by atoms with E-state index in [0.717, 1.165) is 48.8 Å². The molecule has 0 aliphatic rings. The van der Waals surface area contributed by atoms with Crippen LogP contribution < -0.4 is 9.47 Å². The highest BCUT2D eigenvalue weighted by molar-refractivity contribution is 6.32. The first-order valence-corrected chi connectivity index (χ1v) is 7.76. The second-order valence-corrected chi connectivity index (χ2v) is 5.93. The van der Waals surface area contributed by atoms with Gasteiger partial charge in [0.05, 0.1) is 14.2 Å². The van der Waals surface area contributed by atoms with Gasteiger partial charge >= 0.3 is 0 Å². The van der Waals surface area contributed by atoms with Crippen molar-refractivity contribution in [2.24, 2.45) is 0 Å². The van der Waals surface area contributed by atoms with Gasteiger partial charge in [0.2, 0.25) is 0 Å². The molecule has 0 unspecified atom stereocenters. The second kappa shape index (κ2) is 5.32. The van der Waals surface area contributed by atoms with Crippen molar-refractivity contribution in [1.82, 2.24) is 0 Å². The highest BCUT2D eigenvalue weighted by atomic mass is 35.5. The summed E-state index contributed by atoms with van der Waals surface area (Å²) < 4.78 is 11.2. The summed E-state index contributed by atoms with van der Waals surface area (Å²) >= 11 is 6.15. The Bertz CT molecular complexity index is 1050. The quantitative estimate of drug-likeness (QED) is 0.433. The topological polar surface area (TPSA) is 18.5 Å². The summed E-state index contributed by atoms with van der Waals surface area (Å²) in [6.07, 6.45) is 0. The maximum atomic E-state index is 6.15. The molecule has 0 atom stereocenters. The Kier molecular flexibility index (Phi) is 3.28. The van der Waals surface area contributed by atoms with E-state index in [9.17, 15) is 0 Å². The highest BCUT2D eigenvalue weighted by Gasteiger charge is 2.13. The fourth-order valence-electron chi connectivity index (χ4n) is 3.27. The molecule has 0 fully saturated rings. The van der Waals surface area contributed by atoms with Gasteiger partial charge < -0.3 is 9.47 Å². The van der Waals surface area contributed by atoms with E-state index >= 15 is 0 Å². The minimum absolute atomic E-state index is 0.738. The Morgan fingerprint density at radius 1 is 0.696 bits per heavy atom. The van der Waals surface area contributed by atoms with E-state index in [1.165, 1.54) is 0 Å². The van der Waals surface area contributed by atoms with Crippen LogP contribution in [0.4, 0.5) is 0 Å². The van der Waals surface area contributed by atoms with Crippen LogP contribution in [0.2, 0.25) is 5.02 Å². The number of ether oxygens (including phenoxy) is 2. The molecule has 4 aromatic carbocycles. The van der Waals surface area contributed by atoms with Crippen molar-refractivity contribution in [3.63, 3.8) is 0 Å². The lowest BCUT2D eigenvalue weighted by Gasteiger charge is -2.14. The Morgan fingerprint density at radius 2 is 1.48 bits per heavy atom. The first kappa shape index (κ1) is 14.2. The number of hydrogen-bond donors (Lipinski definition) is 0. The molecule has 2 nitrogen and oxygen atoms in total. The van der Waals surface area contributed by atoms with Gasteiger partial charge in [0.15, 0.2) is 0 Å². The lowest BCUT2D eigenvalue weighted by molar-refractivity contribution is 0.416. The van der Waals surface area contributed by atoms with Gasteiger partial charge in [-0.05, 0) is 40.4 Å². The molecule has 0 aliphatic carbocycles. The average Bonchev–Trinajstić information content (AvgIpc) is 2.59. The van der Waals surface area contributed by atoms with Crippen molar-refractivity contribution in [2.75, 3.05) is 14.2 Å². The summed E-state index contributed by atoms with van der Waals surface area (Å²) in [4.78, 5) is 0. The summed E-state index contributed by atoms with van der Waals surface area (Å²) in [7, 11) is 3.39. The second-order valence-electron chi connectivity index (χ2n) is 5.49. The molecule has 0 heterocycles. The van der Waals surface area contributed by atoms with Crippen molar-refractivity contribution < 1.29 is 9.47 Å². The monoisotopic (exact) mass is 322 g/mol. The molecule has 114 valence electrons. The average molecular weight is 323 g/mol. The normalized spacial score (nSPS) is 11.3. The Hall–Kier alpha value is -2.45. The summed E-state index contributed by atoms with van der Waals surface area (Å²) in [6, 6.07) is 18.3. The van der Waals surface area contributed by atoms with Gasteiger partial charge in [-0.2, -0.15) is 0 Å². The van der Waals surface area contributed by atoms with Gasteiger partial charge in [-0.3, -0.25) is 0 Å². The van der Waals surface area contributed by atoms with Crippen LogP contribution in [-0.2, 0) is 0 Å². The molecular weight excluding hydrogens is 308 g/mol. The molecule has 0 aliphatic heterocycles. The molecule has 4 aromatic rings. The van der Waals surface area contributed by atoms with Crippen LogP contribution in [0.25, 0.3) is 32.3 Å². The predicted octanol–water partition coefficient (Wildman–Crippen LogP) is 5.82. The molecular formula is C20H15ClO2. The molecule has 23 heavy (non-hydrogen) atoms. The Morgan fingerprint density at radius 3 is 2.26 bits per heavy atom. The number of benzene rings is 4.